The maximum Gasteiger partial charge on any atom is 0.134 e. The van der Waals surface area contributed by atoms with Crippen LogP contribution >= 0.6 is 11.8 Å². The molecule has 0 amide bonds. The number of aryl methyl sites for hydroxylation is 1. The average molecular weight is 400 g/mol. The topological polar surface area (TPSA) is 53.5 Å². The number of aromatic nitrogens is 2. The molecule has 1 aromatic carbocycles. The summed E-state index contributed by atoms with van der Waals surface area (Å²) in [4.78, 5) is 13.8. The molecule has 4 rings (SSSR count). The van der Waals surface area contributed by atoms with Crippen molar-refractivity contribution in [2.45, 2.75) is 13.0 Å². The largest absolute Gasteiger partial charge is 0.379 e. The third kappa shape index (κ3) is 4.96. The molecule has 0 aliphatic carbocycles. The van der Waals surface area contributed by atoms with Crippen LogP contribution in [-0.2, 0) is 4.74 Å². The minimum Gasteiger partial charge on any atom is -0.379 e. The first-order chi connectivity index (χ1) is 13.8. The van der Waals surface area contributed by atoms with Crippen LogP contribution in [0.25, 0.3) is 0 Å². The van der Waals surface area contributed by atoms with Crippen LogP contribution in [0.2, 0.25) is 0 Å². The van der Waals surface area contributed by atoms with Crippen LogP contribution in [0.15, 0.2) is 36.7 Å². The van der Waals surface area contributed by atoms with E-state index in [1.54, 1.807) is 6.33 Å². The minimum absolute atomic E-state index is 0.300. The maximum atomic E-state index is 5.56. The van der Waals surface area contributed by atoms with E-state index >= 15 is 0 Å². The van der Waals surface area contributed by atoms with Crippen molar-refractivity contribution in [3.05, 3.63) is 47.8 Å². The fraction of sp³-hybridized carbons (Fsp3) is 0.524. The van der Waals surface area contributed by atoms with Crippen LogP contribution in [0.3, 0.4) is 0 Å². The molecule has 1 aromatic heterocycles. The van der Waals surface area contributed by atoms with Crippen molar-refractivity contribution < 1.29 is 4.74 Å². The van der Waals surface area contributed by atoms with Gasteiger partial charge in [0.05, 0.1) is 19.3 Å². The molecule has 2 aliphatic heterocycles. The fourth-order valence-electron chi connectivity index (χ4n) is 3.75. The lowest BCUT2D eigenvalue weighted by molar-refractivity contribution is 0.0187. The van der Waals surface area contributed by atoms with Crippen molar-refractivity contribution in [2.24, 2.45) is 0 Å². The standard InChI is InChI=1S/C21H29N5OS/c1-17-2-4-18(5-3-17)19(25-6-10-27-11-7-25)15-22-20-14-21(24-16-23-20)26-8-12-28-13-9-26/h2-5,14,16,19H,6-13,15H2,1H3,(H,22,23,24). The molecule has 3 heterocycles. The lowest BCUT2D eigenvalue weighted by Gasteiger charge is -2.35. The highest BCUT2D eigenvalue weighted by Crippen LogP contribution is 2.24. The number of anilines is 2. The second kappa shape index (κ2) is 9.58. The Balaban J connectivity index is 1.47. The molecular formula is C21H29N5OS. The van der Waals surface area contributed by atoms with Crippen molar-refractivity contribution in [1.82, 2.24) is 14.9 Å². The predicted octanol–water partition coefficient (Wildman–Crippen LogP) is 2.82. The fourth-order valence-corrected chi connectivity index (χ4v) is 4.65. The van der Waals surface area contributed by atoms with Gasteiger partial charge in [0.1, 0.15) is 18.0 Å². The van der Waals surface area contributed by atoms with Gasteiger partial charge in [-0.1, -0.05) is 29.8 Å². The van der Waals surface area contributed by atoms with E-state index in [9.17, 15) is 0 Å². The van der Waals surface area contributed by atoms with Gasteiger partial charge in [0.25, 0.3) is 0 Å². The summed E-state index contributed by atoms with van der Waals surface area (Å²) in [7, 11) is 0. The van der Waals surface area contributed by atoms with Crippen LogP contribution in [0, 0.1) is 6.92 Å². The molecule has 0 radical (unpaired) electrons. The monoisotopic (exact) mass is 399 g/mol. The zero-order valence-corrected chi connectivity index (χ0v) is 17.3. The number of ether oxygens (including phenoxy) is 1. The molecular weight excluding hydrogens is 370 g/mol. The van der Waals surface area contributed by atoms with Gasteiger partial charge in [0, 0.05) is 50.3 Å². The Morgan fingerprint density at radius 2 is 1.82 bits per heavy atom. The SMILES string of the molecule is Cc1ccc(C(CNc2cc(N3CCSCC3)ncn2)N2CCOCC2)cc1. The number of hydrogen-bond donors (Lipinski definition) is 1. The summed E-state index contributed by atoms with van der Waals surface area (Å²) < 4.78 is 5.56. The van der Waals surface area contributed by atoms with Crippen molar-refractivity contribution in [3.63, 3.8) is 0 Å². The second-order valence-electron chi connectivity index (χ2n) is 7.32. The van der Waals surface area contributed by atoms with Crippen LogP contribution in [0.4, 0.5) is 11.6 Å². The van der Waals surface area contributed by atoms with E-state index in [0.717, 1.165) is 57.6 Å². The Hall–Kier alpha value is -1.83. The maximum absolute atomic E-state index is 5.56. The number of morpholine rings is 1. The molecule has 2 fully saturated rings. The van der Waals surface area contributed by atoms with Gasteiger partial charge in [-0.3, -0.25) is 4.90 Å². The molecule has 6 nitrogen and oxygen atoms in total. The molecule has 0 bridgehead atoms. The highest BCUT2D eigenvalue weighted by atomic mass is 32.2. The molecule has 2 aliphatic rings. The quantitative estimate of drug-likeness (QED) is 0.802. The first-order valence-corrected chi connectivity index (χ1v) is 11.2. The van der Waals surface area contributed by atoms with E-state index in [-0.39, 0.29) is 0 Å². The van der Waals surface area contributed by atoms with Gasteiger partial charge in [-0.15, -0.1) is 0 Å². The van der Waals surface area contributed by atoms with E-state index < -0.39 is 0 Å². The van der Waals surface area contributed by atoms with Crippen LogP contribution in [0.5, 0.6) is 0 Å². The summed E-state index contributed by atoms with van der Waals surface area (Å²) in [6, 6.07) is 11.3. The Labute approximate surface area is 171 Å². The molecule has 2 aromatic rings. The first-order valence-electron chi connectivity index (χ1n) is 10.1. The molecule has 7 heteroatoms. The van der Waals surface area contributed by atoms with Crippen molar-refractivity contribution in [2.75, 3.05) is 67.7 Å². The number of nitrogens with zero attached hydrogens (tertiary/aromatic N) is 4. The zero-order valence-electron chi connectivity index (χ0n) is 16.5. The summed E-state index contributed by atoms with van der Waals surface area (Å²) >= 11 is 2.01. The lowest BCUT2D eigenvalue weighted by Crippen LogP contribution is -2.41. The number of hydrogen-bond acceptors (Lipinski definition) is 7. The van der Waals surface area contributed by atoms with E-state index in [4.69, 9.17) is 4.74 Å². The van der Waals surface area contributed by atoms with Gasteiger partial charge >= 0.3 is 0 Å². The van der Waals surface area contributed by atoms with Gasteiger partial charge in [-0.05, 0) is 12.5 Å². The van der Waals surface area contributed by atoms with Gasteiger partial charge < -0.3 is 15.0 Å². The summed E-state index contributed by atoms with van der Waals surface area (Å²) in [6.07, 6.45) is 1.68. The summed E-state index contributed by atoms with van der Waals surface area (Å²) in [5.41, 5.74) is 2.62. The van der Waals surface area contributed by atoms with Crippen molar-refractivity contribution in [3.8, 4) is 0 Å². The second-order valence-corrected chi connectivity index (χ2v) is 8.54. The lowest BCUT2D eigenvalue weighted by atomic mass is 10.0. The number of benzene rings is 1. The highest BCUT2D eigenvalue weighted by Gasteiger charge is 2.23. The van der Waals surface area contributed by atoms with Crippen molar-refractivity contribution >= 4 is 23.4 Å². The third-order valence-corrected chi connectivity index (χ3v) is 6.36. The van der Waals surface area contributed by atoms with E-state index in [1.807, 2.05) is 11.8 Å². The minimum atomic E-state index is 0.300. The van der Waals surface area contributed by atoms with Gasteiger partial charge in [-0.2, -0.15) is 11.8 Å². The molecule has 2 saturated heterocycles. The van der Waals surface area contributed by atoms with Gasteiger partial charge in [0.15, 0.2) is 0 Å². The summed E-state index contributed by atoms with van der Waals surface area (Å²) in [6.45, 7) is 8.58. The molecule has 1 N–H and O–H groups in total. The number of nitrogens with one attached hydrogen (secondary N) is 1. The van der Waals surface area contributed by atoms with E-state index in [0.29, 0.717) is 6.04 Å². The molecule has 0 spiro atoms. The molecule has 28 heavy (non-hydrogen) atoms. The highest BCUT2D eigenvalue weighted by molar-refractivity contribution is 7.99. The zero-order chi connectivity index (χ0) is 19.2. The third-order valence-electron chi connectivity index (χ3n) is 5.41. The Bertz CT molecular complexity index is 745. The van der Waals surface area contributed by atoms with Gasteiger partial charge in [-0.25, -0.2) is 9.97 Å². The summed E-state index contributed by atoms with van der Waals surface area (Å²) in [5.74, 6) is 4.25. The van der Waals surface area contributed by atoms with Crippen LogP contribution in [0.1, 0.15) is 17.2 Å². The normalized spacial score (nSPS) is 19.4. The Morgan fingerprint density at radius 1 is 1.07 bits per heavy atom. The predicted molar refractivity (Wildman–Crippen MR) is 116 cm³/mol. The van der Waals surface area contributed by atoms with Gasteiger partial charge in [0.2, 0.25) is 0 Å². The summed E-state index contributed by atoms with van der Waals surface area (Å²) in [5, 5.41) is 3.57. The average Bonchev–Trinajstić information content (AvgIpc) is 2.77. The molecule has 1 atom stereocenters. The van der Waals surface area contributed by atoms with E-state index in [1.165, 1.54) is 22.6 Å². The van der Waals surface area contributed by atoms with Crippen molar-refractivity contribution in [1.29, 1.82) is 0 Å². The first kappa shape index (κ1) is 19.5. The Morgan fingerprint density at radius 3 is 2.57 bits per heavy atom. The molecule has 150 valence electrons. The van der Waals surface area contributed by atoms with Crippen LogP contribution in [-0.4, -0.2) is 72.3 Å². The van der Waals surface area contributed by atoms with E-state index in [2.05, 4.69) is 62.3 Å². The van der Waals surface area contributed by atoms with Crippen LogP contribution < -0.4 is 10.2 Å². The number of thioether (sulfide) groups is 1. The molecule has 1 unspecified atom stereocenters. The Kier molecular flexibility index (Phi) is 6.67. The number of rotatable bonds is 6. The molecule has 0 saturated carbocycles. The smallest absolute Gasteiger partial charge is 0.134 e.